The lowest BCUT2D eigenvalue weighted by Crippen LogP contribution is -2.39. The molecule has 2 nitrogen and oxygen atoms in total. The van der Waals surface area contributed by atoms with Crippen molar-refractivity contribution in [3.8, 4) is 0 Å². The molecule has 0 N–H and O–H groups in total. The van der Waals surface area contributed by atoms with Crippen LogP contribution in [0.2, 0.25) is 0 Å². The van der Waals surface area contributed by atoms with Crippen LogP contribution in [-0.4, -0.2) is 29.1 Å². The highest BCUT2D eigenvalue weighted by Crippen LogP contribution is 2.30. The summed E-state index contributed by atoms with van der Waals surface area (Å²) in [6.45, 7) is 10.5. The van der Waals surface area contributed by atoms with E-state index in [-0.39, 0.29) is 11.2 Å². The Balaban J connectivity index is 2.58. The number of likely N-dealkylation sites (tertiary alicyclic amines) is 1. The average Bonchev–Trinajstić information content (AvgIpc) is 2.37. The predicted octanol–water partition coefficient (Wildman–Crippen LogP) is 2.98. The van der Waals surface area contributed by atoms with Gasteiger partial charge in [0.25, 0.3) is 0 Å². The topological polar surface area (TPSA) is 20.3 Å². The summed E-state index contributed by atoms with van der Waals surface area (Å²) >= 11 is 4.42. The highest BCUT2D eigenvalue weighted by Gasteiger charge is 2.28. The molecule has 1 aliphatic rings. The van der Waals surface area contributed by atoms with Gasteiger partial charge < -0.3 is 4.90 Å². The third-order valence-electron chi connectivity index (χ3n) is 3.54. The lowest BCUT2D eigenvalue weighted by Gasteiger charge is -2.26. The van der Waals surface area contributed by atoms with Gasteiger partial charge in [0.2, 0.25) is 5.91 Å². The third kappa shape index (κ3) is 3.69. The Morgan fingerprint density at radius 1 is 1.25 bits per heavy atom. The van der Waals surface area contributed by atoms with Crippen molar-refractivity contribution in [2.75, 3.05) is 13.1 Å². The number of carbonyl (C=O) groups is 1. The number of carbonyl (C=O) groups excluding carboxylic acids is 1. The lowest BCUT2D eigenvalue weighted by atomic mass is 9.85. The molecule has 1 rings (SSSR count). The summed E-state index contributed by atoms with van der Waals surface area (Å²) < 4.78 is 0. The highest BCUT2D eigenvalue weighted by molar-refractivity contribution is 7.81. The van der Waals surface area contributed by atoms with E-state index < -0.39 is 0 Å². The smallest absolute Gasteiger partial charge is 0.235 e. The summed E-state index contributed by atoms with van der Waals surface area (Å²) in [4.78, 5) is 14.2. The second kappa shape index (κ2) is 5.44. The molecule has 0 spiro atoms. The number of amides is 1. The van der Waals surface area contributed by atoms with Gasteiger partial charge >= 0.3 is 0 Å². The standard InChI is InChI=1S/C13H25NOS/c1-10(2)11(16)12(15)14-8-5-6-13(3,4)7-9-14/h10-11,16H,5-9H2,1-4H3. The first-order valence-corrected chi connectivity index (χ1v) is 6.82. The fraction of sp³-hybridized carbons (Fsp3) is 0.923. The summed E-state index contributed by atoms with van der Waals surface area (Å²) in [5.74, 6) is 0.531. The Morgan fingerprint density at radius 2 is 1.88 bits per heavy atom. The van der Waals surface area contributed by atoms with E-state index in [0.717, 1.165) is 25.9 Å². The number of thiol groups is 1. The minimum absolute atomic E-state index is 0.138. The lowest BCUT2D eigenvalue weighted by molar-refractivity contribution is -0.131. The molecule has 0 radical (unpaired) electrons. The number of hydrogen-bond acceptors (Lipinski definition) is 2. The molecule has 0 aromatic rings. The Kier molecular flexibility index (Phi) is 4.72. The van der Waals surface area contributed by atoms with E-state index in [1.165, 1.54) is 6.42 Å². The zero-order valence-electron chi connectivity index (χ0n) is 11.0. The van der Waals surface area contributed by atoms with Crippen molar-refractivity contribution in [1.82, 2.24) is 4.90 Å². The Bertz CT molecular complexity index is 250. The fourth-order valence-corrected chi connectivity index (χ4v) is 2.28. The predicted molar refractivity (Wildman–Crippen MR) is 71.8 cm³/mol. The molecule has 1 aliphatic heterocycles. The van der Waals surface area contributed by atoms with Gasteiger partial charge in [0.1, 0.15) is 0 Å². The molecule has 0 saturated carbocycles. The Labute approximate surface area is 105 Å². The van der Waals surface area contributed by atoms with E-state index in [9.17, 15) is 4.79 Å². The SMILES string of the molecule is CC(C)C(S)C(=O)N1CCCC(C)(C)CC1. The quantitative estimate of drug-likeness (QED) is 0.739. The second-order valence-electron chi connectivity index (χ2n) is 6.03. The molecule has 0 aliphatic carbocycles. The minimum Gasteiger partial charge on any atom is -0.342 e. The van der Waals surface area contributed by atoms with Crippen LogP contribution in [0.5, 0.6) is 0 Å². The van der Waals surface area contributed by atoms with Gasteiger partial charge in [-0.15, -0.1) is 0 Å². The maximum Gasteiger partial charge on any atom is 0.235 e. The van der Waals surface area contributed by atoms with Crippen LogP contribution >= 0.6 is 12.6 Å². The first-order valence-electron chi connectivity index (χ1n) is 6.30. The van der Waals surface area contributed by atoms with Crippen LogP contribution in [0, 0.1) is 11.3 Å². The largest absolute Gasteiger partial charge is 0.342 e. The third-order valence-corrected chi connectivity index (χ3v) is 4.35. The van der Waals surface area contributed by atoms with Crippen LogP contribution in [0.4, 0.5) is 0 Å². The second-order valence-corrected chi connectivity index (χ2v) is 6.59. The van der Waals surface area contributed by atoms with Crippen molar-refractivity contribution >= 4 is 18.5 Å². The van der Waals surface area contributed by atoms with Gasteiger partial charge in [-0.2, -0.15) is 12.6 Å². The van der Waals surface area contributed by atoms with Crippen LogP contribution in [0.1, 0.15) is 47.0 Å². The van der Waals surface area contributed by atoms with E-state index >= 15 is 0 Å². The van der Waals surface area contributed by atoms with Crippen LogP contribution in [-0.2, 0) is 4.79 Å². The van der Waals surface area contributed by atoms with Crippen molar-refractivity contribution in [2.45, 2.75) is 52.2 Å². The van der Waals surface area contributed by atoms with E-state index in [0.29, 0.717) is 11.3 Å². The summed E-state index contributed by atoms with van der Waals surface area (Å²) in [5, 5.41) is -0.138. The number of rotatable bonds is 2. The van der Waals surface area contributed by atoms with Gasteiger partial charge in [-0.3, -0.25) is 4.79 Å². The maximum atomic E-state index is 12.2. The van der Waals surface area contributed by atoms with E-state index in [2.05, 4.69) is 40.3 Å². The van der Waals surface area contributed by atoms with Gasteiger partial charge in [0.05, 0.1) is 5.25 Å². The van der Waals surface area contributed by atoms with Crippen molar-refractivity contribution in [1.29, 1.82) is 0 Å². The molecule has 16 heavy (non-hydrogen) atoms. The maximum absolute atomic E-state index is 12.2. The van der Waals surface area contributed by atoms with Crippen molar-refractivity contribution in [3.05, 3.63) is 0 Å². The normalized spacial score (nSPS) is 23.0. The molecule has 0 bridgehead atoms. The van der Waals surface area contributed by atoms with Crippen LogP contribution < -0.4 is 0 Å². The van der Waals surface area contributed by atoms with Gasteiger partial charge in [0.15, 0.2) is 0 Å². The molecule has 1 atom stereocenters. The molecule has 1 amide bonds. The fourth-order valence-electron chi connectivity index (χ4n) is 2.12. The molecule has 0 aromatic carbocycles. The van der Waals surface area contributed by atoms with Crippen molar-refractivity contribution in [3.63, 3.8) is 0 Å². The Hall–Kier alpha value is -0.180. The summed E-state index contributed by atoms with van der Waals surface area (Å²) in [5.41, 5.74) is 0.388. The number of nitrogens with zero attached hydrogens (tertiary/aromatic N) is 1. The minimum atomic E-state index is -0.138. The summed E-state index contributed by atoms with van der Waals surface area (Å²) in [7, 11) is 0. The molecule has 1 saturated heterocycles. The zero-order chi connectivity index (χ0) is 12.3. The molecule has 1 fully saturated rings. The van der Waals surface area contributed by atoms with Crippen molar-refractivity contribution < 1.29 is 4.79 Å². The van der Waals surface area contributed by atoms with Gasteiger partial charge in [-0.25, -0.2) is 0 Å². The van der Waals surface area contributed by atoms with E-state index in [4.69, 9.17) is 0 Å². The molecule has 1 heterocycles. The van der Waals surface area contributed by atoms with Crippen molar-refractivity contribution in [2.24, 2.45) is 11.3 Å². The van der Waals surface area contributed by atoms with Gasteiger partial charge in [-0.1, -0.05) is 27.7 Å². The average molecular weight is 243 g/mol. The summed E-state index contributed by atoms with van der Waals surface area (Å²) in [6.07, 6.45) is 3.45. The summed E-state index contributed by atoms with van der Waals surface area (Å²) in [6, 6.07) is 0. The molecule has 1 unspecified atom stereocenters. The van der Waals surface area contributed by atoms with Crippen LogP contribution in [0.25, 0.3) is 0 Å². The Morgan fingerprint density at radius 3 is 2.44 bits per heavy atom. The molecule has 3 heteroatoms. The van der Waals surface area contributed by atoms with Crippen LogP contribution in [0.3, 0.4) is 0 Å². The first-order chi connectivity index (χ1) is 7.33. The molecular weight excluding hydrogens is 218 g/mol. The molecular formula is C13H25NOS. The van der Waals surface area contributed by atoms with Gasteiger partial charge in [0, 0.05) is 13.1 Å². The highest BCUT2D eigenvalue weighted by atomic mass is 32.1. The molecule has 0 aromatic heterocycles. The van der Waals surface area contributed by atoms with E-state index in [1.807, 2.05) is 4.90 Å². The first kappa shape index (κ1) is 13.9. The van der Waals surface area contributed by atoms with Gasteiger partial charge in [-0.05, 0) is 30.6 Å². The molecule has 94 valence electrons. The zero-order valence-corrected chi connectivity index (χ0v) is 11.9. The monoisotopic (exact) mass is 243 g/mol. The number of hydrogen-bond donors (Lipinski definition) is 1. The van der Waals surface area contributed by atoms with Crippen LogP contribution in [0.15, 0.2) is 0 Å². The van der Waals surface area contributed by atoms with E-state index in [1.54, 1.807) is 0 Å².